The molecule has 0 aliphatic carbocycles. The number of anilines is 1. The van der Waals surface area contributed by atoms with Gasteiger partial charge in [0.15, 0.2) is 4.84 Å². The summed E-state index contributed by atoms with van der Waals surface area (Å²) in [5, 5.41) is 12.6. The Labute approximate surface area is 128 Å². The molecule has 1 atom stereocenters. The Morgan fingerprint density at radius 1 is 1.45 bits per heavy atom. The molecule has 0 saturated heterocycles. The first-order valence-electron chi connectivity index (χ1n) is 5.97. The number of nitrogens with zero attached hydrogens (tertiary/aromatic N) is 1. The highest BCUT2D eigenvalue weighted by Gasteiger charge is 2.12. The van der Waals surface area contributed by atoms with Gasteiger partial charge in [-0.05, 0) is 31.3 Å². The monoisotopic (exact) mass is 314 g/mol. The molecule has 0 spiro atoms. The van der Waals surface area contributed by atoms with E-state index in [-0.39, 0.29) is 0 Å². The zero-order valence-corrected chi connectivity index (χ0v) is 12.5. The highest BCUT2D eigenvalue weighted by Crippen LogP contribution is 2.23. The third-order valence-electron chi connectivity index (χ3n) is 2.70. The summed E-state index contributed by atoms with van der Waals surface area (Å²) in [6.07, 6.45) is 1.51. The summed E-state index contributed by atoms with van der Waals surface area (Å²) >= 11 is 10.9. The Morgan fingerprint density at radius 2 is 2.05 bits per heavy atom. The summed E-state index contributed by atoms with van der Waals surface area (Å²) in [4.78, 5) is 14.0. The molecule has 1 aromatic carbocycles. The molecule has 2 N–H and O–H groups in total. The Morgan fingerprint density at radius 3 is 2.50 bits per heavy atom. The van der Waals surface area contributed by atoms with Gasteiger partial charge in [-0.25, -0.2) is 0 Å². The highest BCUT2D eigenvalue weighted by atomic mass is 35.5. The Kier molecular flexibility index (Phi) is 6.71. The van der Waals surface area contributed by atoms with Crippen molar-refractivity contribution in [3.05, 3.63) is 41.6 Å². The van der Waals surface area contributed by atoms with Gasteiger partial charge < -0.3 is 10.4 Å². The van der Waals surface area contributed by atoms with Crippen LogP contribution in [0.3, 0.4) is 0 Å². The lowest BCUT2D eigenvalue weighted by Crippen LogP contribution is -2.18. The van der Waals surface area contributed by atoms with E-state index in [1.165, 1.54) is 0 Å². The van der Waals surface area contributed by atoms with Gasteiger partial charge in [-0.15, -0.1) is 0 Å². The minimum Gasteiger partial charge on any atom is -0.388 e. The van der Waals surface area contributed by atoms with Gasteiger partial charge in [0.05, 0.1) is 6.10 Å². The Hall–Kier alpha value is -1.36. The second-order valence-corrected chi connectivity index (χ2v) is 5.17. The van der Waals surface area contributed by atoms with Crippen molar-refractivity contribution in [1.29, 1.82) is 0 Å². The van der Waals surface area contributed by atoms with Crippen molar-refractivity contribution < 1.29 is 9.90 Å². The SMILES string of the molecule is C=N/C(=C\C)CC(O)c1ccc(NC(=O)C(Cl)Cl)cc1. The molecule has 1 amide bonds. The number of rotatable bonds is 6. The Bertz CT molecular complexity index is 498. The maximum Gasteiger partial charge on any atom is 0.257 e. The van der Waals surface area contributed by atoms with E-state index in [0.717, 1.165) is 11.3 Å². The fourth-order valence-corrected chi connectivity index (χ4v) is 1.68. The second kappa shape index (κ2) is 8.04. The molecular formula is C14H16Cl2N2O2. The van der Waals surface area contributed by atoms with Crippen LogP contribution in [-0.2, 0) is 4.79 Å². The molecule has 0 radical (unpaired) electrons. The smallest absolute Gasteiger partial charge is 0.257 e. The molecule has 0 heterocycles. The first kappa shape index (κ1) is 16.7. The molecule has 108 valence electrons. The minimum absolute atomic E-state index is 0.386. The van der Waals surface area contributed by atoms with Crippen LogP contribution < -0.4 is 5.32 Å². The van der Waals surface area contributed by atoms with Crippen molar-refractivity contribution in [2.45, 2.75) is 24.3 Å². The number of halogens is 2. The number of hydrogen-bond donors (Lipinski definition) is 2. The quantitative estimate of drug-likeness (QED) is 0.624. The van der Waals surface area contributed by atoms with Gasteiger partial charge in [-0.3, -0.25) is 9.79 Å². The number of benzene rings is 1. The molecule has 1 rings (SSSR count). The van der Waals surface area contributed by atoms with Gasteiger partial charge in [0, 0.05) is 17.8 Å². The lowest BCUT2D eigenvalue weighted by Gasteiger charge is -2.12. The summed E-state index contributed by atoms with van der Waals surface area (Å²) in [5.41, 5.74) is 2.01. The lowest BCUT2D eigenvalue weighted by atomic mass is 10.0. The predicted octanol–water partition coefficient (Wildman–Crippen LogP) is 3.46. The van der Waals surface area contributed by atoms with Crippen molar-refractivity contribution in [2.24, 2.45) is 4.99 Å². The number of carbonyl (C=O) groups is 1. The van der Waals surface area contributed by atoms with E-state index in [2.05, 4.69) is 17.0 Å². The van der Waals surface area contributed by atoms with E-state index < -0.39 is 16.8 Å². The van der Waals surface area contributed by atoms with Crippen LogP contribution in [-0.4, -0.2) is 22.6 Å². The fourth-order valence-electron chi connectivity index (χ4n) is 1.58. The van der Waals surface area contributed by atoms with Crippen molar-refractivity contribution in [1.82, 2.24) is 0 Å². The molecule has 1 aromatic rings. The molecule has 1 unspecified atom stereocenters. The van der Waals surface area contributed by atoms with Crippen LogP contribution in [0.15, 0.2) is 41.0 Å². The number of alkyl halides is 2. The first-order valence-corrected chi connectivity index (χ1v) is 6.84. The number of aliphatic hydroxyl groups excluding tert-OH is 1. The largest absolute Gasteiger partial charge is 0.388 e. The molecule has 0 aliphatic rings. The molecule has 6 heteroatoms. The topological polar surface area (TPSA) is 61.7 Å². The number of allylic oxidation sites excluding steroid dienone is 1. The van der Waals surface area contributed by atoms with Gasteiger partial charge in [-0.1, -0.05) is 41.4 Å². The number of aliphatic imine (C=N–C) groups is 1. The van der Waals surface area contributed by atoms with Crippen LogP contribution >= 0.6 is 23.2 Å². The van der Waals surface area contributed by atoms with E-state index in [1.54, 1.807) is 30.3 Å². The zero-order valence-electron chi connectivity index (χ0n) is 11.0. The van der Waals surface area contributed by atoms with E-state index in [9.17, 15) is 9.90 Å². The standard InChI is InChI=1S/C14H16Cl2N2O2/c1-3-10(17-2)8-12(19)9-4-6-11(7-5-9)18-14(20)13(15)16/h3-7,12-13,19H,2,8H2,1H3,(H,18,20)/b10-3-. The number of nitrogens with one attached hydrogen (secondary N) is 1. The highest BCUT2D eigenvalue weighted by molar-refractivity contribution is 6.54. The van der Waals surface area contributed by atoms with Crippen molar-refractivity contribution in [2.75, 3.05) is 5.32 Å². The van der Waals surface area contributed by atoms with Crippen molar-refractivity contribution in [3.63, 3.8) is 0 Å². The third kappa shape index (κ3) is 4.96. The van der Waals surface area contributed by atoms with Gasteiger partial charge in [-0.2, -0.15) is 0 Å². The predicted molar refractivity (Wildman–Crippen MR) is 83.4 cm³/mol. The van der Waals surface area contributed by atoms with E-state index in [4.69, 9.17) is 23.2 Å². The van der Waals surface area contributed by atoms with Crippen molar-refractivity contribution >= 4 is 41.5 Å². The molecule has 4 nitrogen and oxygen atoms in total. The molecule has 0 aromatic heterocycles. The molecule has 0 aliphatic heterocycles. The lowest BCUT2D eigenvalue weighted by molar-refractivity contribution is -0.114. The number of aliphatic hydroxyl groups is 1. The van der Waals surface area contributed by atoms with Crippen molar-refractivity contribution in [3.8, 4) is 0 Å². The fraction of sp³-hybridized carbons (Fsp3) is 0.286. The minimum atomic E-state index is -1.11. The molecule has 0 bridgehead atoms. The summed E-state index contributed by atoms with van der Waals surface area (Å²) in [6, 6.07) is 6.77. The average Bonchev–Trinajstić information content (AvgIpc) is 2.45. The number of carbonyl (C=O) groups excluding carboxylic acids is 1. The summed E-state index contributed by atoms with van der Waals surface area (Å²) < 4.78 is 0. The van der Waals surface area contributed by atoms with Crippen LogP contribution in [0.1, 0.15) is 25.0 Å². The molecule has 0 saturated carbocycles. The van der Waals surface area contributed by atoms with Crippen LogP contribution in [0.25, 0.3) is 0 Å². The first-order chi connectivity index (χ1) is 9.47. The van der Waals surface area contributed by atoms with Gasteiger partial charge in [0.1, 0.15) is 0 Å². The number of amides is 1. The summed E-state index contributed by atoms with van der Waals surface area (Å²) in [5.74, 6) is -0.492. The number of hydrogen-bond acceptors (Lipinski definition) is 3. The summed E-state index contributed by atoms with van der Waals surface area (Å²) in [7, 11) is 0. The van der Waals surface area contributed by atoms with Gasteiger partial charge in [0.25, 0.3) is 5.91 Å². The van der Waals surface area contributed by atoms with Gasteiger partial charge in [0.2, 0.25) is 0 Å². The van der Waals surface area contributed by atoms with Crippen LogP contribution in [0, 0.1) is 0 Å². The van der Waals surface area contributed by atoms with Gasteiger partial charge >= 0.3 is 0 Å². The Balaban J connectivity index is 2.71. The molecule has 20 heavy (non-hydrogen) atoms. The third-order valence-corrected chi connectivity index (χ3v) is 3.10. The second-order valence-electron chi connectivity index (χ2n) is 4.07. The molecular weight excluding hydrogens is 299 g/mol. The van der Waals surface area contributed by atoms with E-state index >= 15 is 0 Å². The molecule has 0 fully saturated rings. The zero-order chi connectivity index (χ0) is 15.1. The van der Waals surface area contributed by atoms with E-state index in [0.29, 0.717) is 12.1 Å². The average molecular weight is 315 g/mol. The van der Waals surface area contributed by atoms with Crippen LogP contribution in [0.5, 0.6) is 0 Å². The van der Waals surface area contributed by atoms with Crippen LogP contribution in [0.4, 0.5) is 5.69 Å². The van der Waals surface area contributed by atoms with Crippen LogP contribution in [0.2, 0.25) is 0 Å². The maximum atomic E-state index is 11.3. The normalized spacial score (nSPS) is 13.2. The van der Waals surface area contributed by atoms with E-state index in [1.807, 2.05) is 6.92 Å². The maximum absolute atomic E-state index is 11.3. The summed E-state index contributed by atoms with van der Waals surface area (Å²) in [6.45, 7) is 5.28.